The van der Waals surface area contributed by atoms with Crippen LogP contribution < -0.4 is 23.8 Å². The summed E-state index contributed by atoms with van der Waals surface area (Å²) in [5.74, 6) is 0.401. The molecule has 1 N–H and O–H groups in total. The summed E-state index contributed by atoms with van der Waals surface area (Å²) in [5.41, 5.74) is 1.54. The second-order valence-corrected chi connectivity index (χ2v) is 10.9. The Morgan fingerprint density at radius 2 is 1.65 bits per heavy atom. The van der Waals surface area contributed by atoms with Crippen LogP contribution in [0.1, 0.15) is 50.3 Å². The standard InChI is InChI=1S/C33H34N2O7S/c1-5-7-8-17-42-25-16-11-21(18-26(25)41-6-2)29-28(30(36)20-9-12-22(39-3)13-10-20)31(37)32(38)35(29)33-34-24-15-14-23(40-4)19-27(24)43-33/h9-16,18-19,29,36H,5-8,17H2,1-4H3/b30-28+. The summed E-state index contributed by atoms with van der Waals surface area (Å²) in [7, 11) is 3.12. The summed E-state index contributed by atoms with van der Waals surface area (Å²) in [4.78, 5) is 33.4. The molecule has 0 spiro atoms. The van der Waals surface area contributed by atoms with Crippen molar-refractivity contribution in [2.24, 2.45) is 0 Å². The number of methoxy groups -OCH3 is 2. The maximum atomic E-state index is 13.7. The summed E-state index contributed by atoms with van der Waals surface area (Å²) >= 11 is 1.26. The third-order valence-corrected chi connectivity index (χ3v) is 8.20. The van der Waals surface area contributed by atoms with E-state index >= 15 is 0 Å². The highest BCUT2D eigenvalue weighted by atomic mass is 32.1. The molecule has 1 fully saturated rings. The minimum absolute atomic E-state index is 0.0499. The molecule has 2 heterocycles. The number of hydrogen-bond donors (Lipinski definition) is 1. The Bertz CT molecular complexity index is 1660. The highest BCUT2D eigenvalue weighted by Crippen LogP contribution is 2.46. The molecule has 4 aromatic rings. The van der Waals surface area contributed by atoms with E-state index in [0.29, 0.717) is 58.0 Å². The number of aliphatic hydroxyl groups is 1. The maximum absolute atomic E-state index is 13.7. The zero-order chi connectivity index (χ0) is 30.5. The first-order valence-electron chi connectivity index (χ1n) is 14.2. The van der Waals surface area contributed by atoms with E-state index in [2.05, 4.69) is 6.92 Å². The van der Waals surface area contributed by atoms with E-state index in [1.807, 2.05) is 13.0 Å². The van der Waals surface area contributed by atoms with Gasteiger partial charge in [0.15, 0.2) is 16.6 Å². The molecule has 3 aromatic carbocycles. The predicted molar refractivity (Wildman–Crippen MR) is 167 cm³/mol. The monoisotopic (exact) mass is 602 g/mol. The zero-order valence-corrected chi connectivity index (χ0v) is 25.4. The van der Waals surface area contributed by atoms with Crippen LogP contribution in [0.25, 0.3) is 16.0 Å². The van der Waals surface area contributed by atoms with Crippen LogP contribution in [0.5, 0.6) is 23.0 Å². The number of unbranched alkanes of at least 4 members (excludes halogenated alkanes) is 2. The molecule has 1 unspecified atom stereocenters. The van der Waals surface area contributed by atoms with Crippen molar-refractivity contribution in [3.8, 4) is 23.0 Å². The van der Waals surface area contributed by atoms with Crippen LogP contribution >= 0.6 is 11.3 Å². The first-order chi connectivity index (χ1) is 20.9. The minimum Gasteiger partial charge on any atom is -0.507 e. The first kappa shape index (κ1) is 29.9. The summed E-state index contributed by atoms with van der Waals surface area (Å²) in [5, 5.41) is 11.8. The van der Waals surface area contributed by atoms with E-state index in [4.69, 9.17) is 23.9 Å². The lowest BCUT2D eigenvalue weighted by molar-refractivity contribution is -0.132. The van der Waals surface area contributed by atoms with Gasteiger partial charge in [-0.25, -0.2) is 4.98 Å². The number of aromatic nitrogens is 1. The van der Waals surface area contributed by atoms with Gasteiger partial charge in [-0.05, 0) is 73.5 Å². The number of hydrogen-bond acceptors (Lipinski definition) is 9. The number of benzene rings is 3. The number of carbonyl (C=O) groups excluding carboxylic acids is 2. The van der Waals surface area contributed by atoms with E-state index in [1.54, 1.807) is 68.8 Å². The summed E-state index contributed by atoms with van der Waals surface area (Å²) < 4.78 is 23.3. The lowest BCUT2D eigenvalue weighted by atomic mass is 9.95. The number of ketones is 1. The molecule has 1 aliphatic rings. The molecule has 0 saturated carbocycles. The normalized spacial score (nSPS) is 16.1. The van der Waals surface area contributed by atoms with Gasteiger partial charge in [-0.1, -0.05) is 37.2 Å². The number of aliphatic hydroxyl groups excluding tert-OH is 1. The number of fused-ring (bicyclic) bond motifs is 1. The number of thiazole rings is 1. The molecule has 224 valence electrons. The number of nitrogens with zero attached hydrogens (tertiary/aromatic N) is 2. The highest BCUT2D eigenvalue weighted by Gasteiger charge is 2.48. The van der Waals surface area contributed by atoms with Crippen molar-refractivity contribution in [2.45, 2.75) is 39.2 Å². The topological polar surface area (TPSA) is 107 Å². The van der Waals surface area contributed by atoms with Gasteiger partial charge >= 0.3 is 5.91 Å². The Labute approximate surface area is 254 Å². The smallest absolute Gasteiger partial charge is 0.301 e. The number of anilines is 1. The van der Waals surface area contributed by atoms with E-state index < -0.39 is 17.7 Å². The number of carbonyl (C=O) groups is 2. The minimum atomic E-state index is -0.974. The van der Waals surface area contributed by atoms with E-state index in [0.717, 1.165) is 24.0 Å². The van der Waals surface area contributed by atoms with Crippen molar-refractivity contribution in [3.63, 3.8) is 0 Å². The van der Waals surface area contributed by atoms with Crippen molar-refractivity contribution in [1.29, 1.82) is 0 Å². The SMILES string of the molecule is CCCCCOc1ccc(C2/C(=C(\O)c3ccc(OC)cc3)C(=O)C(=O)N2c2nc3ccc(OC)cc3s2)cc1OCC. The lowest BCUT2D eigenvalue weighted by Crippen LogP contribution is -2.29. The number of ether oxygens (including phenoxy) is 4. The Hall–Kier alpha value is -4.57. The third kappa shape index (κ3) is 6.01. The van der Waals surface area contributed by atoms with Crippen molar-refractivity contribution in [2.75, 3.05) is 32.3 Å². The fraction of sp³-hybridized carbons (Fsp3) is 0.303. The lowest BCUT2D eigenvalue weighted by Gasteiger charge is -2.24. The Balaban J connectivity index is 1.65. The average molecular weight is 603 g/mol. The van der Waals surface area contributed by atoms with Crippen molar-refractivity contribution in [1.82, 2.24) is 4.98 Å². The molecular weight excluding hydrogens is 568 g/mol. The largest absolute Gasteiger partial charge is 0.507 e. The fourth-order valence-electron chi connectivity index (χ4n) is 4.99. The molecule has 0 bridgehead atoms. The van der Waals surface area contributed by atoms with Gasteiger partial charge in [0.2, 0.25) is 0 Å². The molecule has 10 heteroatoms. The van der Waals surface area contributed by atoms with E-state index in [9.17, 15) is 14.7 Å². The quantitative estimate of drug-likeness (QED) is 0.0807. The molecule has 1 saturated heterocycles. The van der Waals surface area contributed by atoms with Gasteiger partial charge in [-0.2, -0.15) is 0 Å². The third-order valence-electron chi connectivity index (χ3n) is 7.19. The molecule has 1 aliphatic heterocycles. The van der Waals surface area contributed by atoms with Gasteiger partial charge < -0.3 is 24.1 Å². The molecule has 0 radical (unpaired) electrons. The average Bonchev–Trinajstić information content (AvgIpc) is 3.56. The summed E-state index contributed by atoms with van der Waals surface area (Å²) in [6, 6.07) is 16.4. The van der Waals surface area contributed by atoms with Crippen LogP contribution in [-0.2, 0) is 9.59 Å². The van der Waals surface area contributed by atoms with Gasteiger partial charge in [0.05, 0.1) is 49.3 Å². The maximum Gasteiger partial charge on any atom is 0.301 e. The molecular formula is C33H34N2O7S. The number of amides is 1. The van der Waals surface area contributed by atoms with Crippen LogP contribution in [0, 0.1) is 0 Å². The summed E-state index contributed by atoms with van der Waals surface area (Å²) in [6.07, 6.45) is 3.04. The molecule has 1 aromatic heterocycles. The van der Waals surface area contributed by atoms with Crippen LogP contribution in [0.3, 0.4) is 0 Å². The van der Waals surface area contributed by atoms with Gasteiger partial charge in [-0.15, -0.1) is 0 Å². The highest BCUT2D eigenvalue weighted by molar-refractivity contribution is 7.22. The van der Waals surface area contributed by atoms with Gasteiger partial charge in [0.1, 0.15) is 17.3 Å². The molecule has 0 aliphatic carbocycles. The Morgan fingerprint density at radius 1 is 0.907 bits per heavy atom. The fourth-order valence-corrected chi connectivity index (χ4v) is 6.01. The molecule has 9 nitrogen and oxygen atoms in total. The van der Waals surface area contributed by atoms with Gasteiger partial charge in [0, 0.05) is 5.56 Å². The van der Waals surface area contributed by atoms with Crippen LogP contribution in [0.4, 0.5) is 5.13 Å². The first-order valence-corrected chi connectivity index (χ1v) is 15.0. The van der Waals surface area contributed by atoms with Gasteiger partial charge in [0.25, 0.3) is 5.78 Å². The summed E-state index contributed by atoms with van der Waals surface area (Å²) in [6.45, 7) is 4.93. The zero-order valence-electron chi connectivity index (χ0n) is 24.6. The Morgan fingerprint density at radius 3 is 2.35 bits per heavy atom. The number of rotatable bonds is 12. The van der Waals surface area contributed by atoms with Gasteiger partial charge in [-0.3, -0.25) is 14.5 Å². The number of Topliss-reactive ketones (excluding diaryl/α,β-unsaturated/α-hetero) is 1. The van der Waals surface area contributed by atoms with Crippen LogP contribution in [0.15, 0.2) is 66.2 Å². The van der Waals surface area contributed by atoms with Crippen molar-refractivity contribution in [3.05, 3.63) is 77.4 Å². The second-order valence-electron chi connectivity index (χ2n) is 9.92. The van der Waals surface area contributed by atoms with Crippen molar-refractivity contribution >= 4 is 44.1 Å². The van der Waals surface area contributed by atoms with Crippen LogP contribution in [0.2, 0.25) is 0 Å². The molecule has 5 rings (SSSR count). The van der Waals surface area contributed by atoms with Crippen LogP contribution in [-0.4, -0.2) is 49.2 Å². The predicted octanol–water partition coefficient (Wildman–Crippen LogP) is 6.91. The second kappa shape index (κ2) is 13.2. The Kier molecular flexibility index (Phi) is 9.16. The molecule has 1 atom stereocenters. The molecule has 43 heavy (non-hydrogen) atoms. The molecule has 1 amide bonds. The van der Waals surface area contributed by atoms with E-state index in [1.165, 1.54) is 16.2 Å². The van der Waals surface area contributed by atoms with E-state index in [-0.39, 0.29) is 11.3 Å². The van der Waals surface area contributed by atoms with Crippen molar-refractivity contribution < 1.29 is 33.6 Å².